The van der Waals surface area contributed by atoms with Gasteiger partial charge in [-0.2, -0.15) is 0 Å². The Balaban J connectivity index is 1.92. The maximum atomic E-state index is 11.3. The molecule has 0 aromatic heterocycles. The van der Waals surface area contributed by atoms with Crippen molar-refractivity contribution in [2.24, 2.45) is 5.14 Å². The van der Waals surface area contributed by atoms with Crippen LogP contribution >= 0.6 is 0 Å². The lowest BCUT2D eigenvalue weighted by Crippen LogP contribution is -2.27. The summed E-state index contributed by atoms with van der Waals surface area (Å²) in [5.74, 6) is 0.885. The summed E-state index contributed by atoms with van der Waals surface area (Å²) in [5.41, 5.74) is 3.40. The summed E-state index contributed by atoms with van der Waals surface area (Å²) in [5, 5.41) is 5.13. The van der Waals surface area contributed by atoms with Crippen molar-refractivity contribution in [1.29, 1.82) is 0 Å². The van der Waals surface area contributed by atoms with Gasteiger partial charge in [0.15, 0.2) is 0 Å². The van der Waals surface area contributed by atoms with Crippen LogP contribution in [0.3, 0.4) is 0 Å². The van der Waals surface area contributed by atoms with Gasteiger partial charge in [0.25, 0.3) is 0 Å². The monoisotopic (exact) mass is 362 g/mol. The second kappa shape index (κ2) is 7.99. The minimum atomic E-state index is -3.65. The van der Waals surface area contributed by atoms with Crippen LogP contribution in [-0.4, -0.2) is 33.5 Å². The van der Waals surface area contributed by atoms with Crippen LogP contribution < -0.4 is 9.88 Å². The second-order valence-electron chi connectivity index (χ2n) is 6.44. The Morgan fingerprint density at radius 1 is 1.08 bits per heavy atom. The molecular formula is C19H26N2O3S. The molecule has 0 aliphatic carbocycles. The molecule has 0 fully saturated rings. The number of primary sulfonamides is 1. The van der Waals surface area contributed by atoms with Crippen molar-refractivity contribution >= 4 is 10.0 Å². The van der Waals surface area contributed by atoms with E-state index in [4.69, 9.17) is 9.88 Å². The maximum Gasteiger partial charge on any atom is 0.238 e. The lowest BCUT2D eigenvalue weighted by atomic mass is 10.1. The number of likely N-dealkylation sites (N-methyl/N-ethyl adjacent to an activating group) is 1. The molecule has 25 heavy (non-hydrogen) atoms. The van der Waals surface area contributed by atoms with Crippen LogP contribution in [0, 0.1) is 13.8 Å². The van der Waals surface area contributed by atoms with E-state index in [9.17, 15) is 8.42 Å². The largest absolute Gasteiger partial charge is 0.492 e. The first kappa shape index (κ1) is 19.4. The zero-order valence-corrected chi connectivity index (χ0v) is 16.0. The number of benzene rings is 2. The minimum absolute atomic E-state index is 0.129. The van der Waals surface area contributed by atoms with Gasteiger partial charge in [0.2, 0.25) is 10.0 Å². The second-order valence-corrected chi connectivity index (χ2v) is 8.00. The minimum Gasteiger partial charge on any atom is -0.492 e. The van der Waals surface area contributed by atoms with Gasteiger partial charge in [0.05, 0.1) is 4.90 Å². The highest BCUT2D eigenvalue weighted by atomic mass is 32.2. The fourth-order valence-corrected chi connectivity index (χ4v) is 3.22. The van der Waals surface area contributed by atoms with Gasteiger partial charge in [-0.1, -0.05) is 18.2 Å². The molecule has 0 saturated carbocycles. The first-order valence-electron chi connectivity index (χ1n) is 8.21. The summed E-state index contributed by atoms with van der Waals surface area (Å²) in [7, 11) is -1.63. The molecule has 2 rings (SSSR count). The van der Waals surface area contributed by atoms with E-state index in [1.807, 2.05) is 19.2 Å². The molecule has 0 spiro atoms. The van der Waals surface area contributed by atoms with Gasteiger partial charge in [-0.05, 0) is 68.8 Å². The Morgan fingerprint density at radius 2 is 1.64 bits per heavy atom. The van der Waals surface area contributed by atoms with E-state index in [2.05, 4.69) is 31.7 Å². The van der Waals surface area contributed by atoms with Gasteiger partial charge in [0.1, 0.15) is 12.4 Å². The molecule has 0 unspecified atom stereocenters. The van der Waals surface area contributed by atoms with E-state index in [1.54, 1.807) is 24.3 Å². The predicted octanol–water partition coefficient (Wildman–Crippen LogP) is 3.02. The molecule has 0 heterocycles. The summed E-state index contributed by atoms with van der Waals surface area (Å²) < 4.78 is 28.5. The maximum absolute atomic E-state index is 11.3. The van der Waals surface area contributed by atoms with Crippen LogP contribution in [0.15, 0.2) is 47.4 Å². The highest BCUT2D eigenvalue weighted by Gasteiger charge is 2.13. The van der Waals surface area contributed by atoms with E-state index in [1.165, 1.54) is 11.1 Å². The van der Waals surface area contributed by atoms with Gasteiger partial charge in [0, 0.05) is 12.6 Å². The molecule has 6 heteroatoms. The van der Waals surface area contributed by atoms with Crippen molar-refractivity contribution in [1.82, 2.24) is 4.90 Å². The van der Waals surface area contributed by atoms with Crippen LogP contribution in [-0.2, 0) is 10.0 Å². The average molecular weight is 362 g/mol. The SMILES string of the molecule is Cc1cc(C)cc(OCCN(C)[C@H](C)c2ccc(S(N)(=O)=O)cc2)c1. The van der Waals surface area contributed by atoms with E-state index in [0.29, 0.717) is 6.61 Å². The van der Waals surface area contributed by atoms with Crippen molar-refractivity contribution in [3.05, 3.63) is 59.2 Å². The predicted molar refractivity (Wildman–Crippen MR) is 100 cm³/mol. The number of nitrogens with two attached hydrogens (primary N) is 1. The van der Waals surface area contributed by atoms with E-state index >= 15 is 0 Å². The zero-order valence-electron chi connectivity index (χ0n) is 15.2. The molecule has 2 N–H and O–H groups in total. The van der Waals surface area contributed by atoms with E-state index in [0.717, 1.165) is 17.9 Å². The molecule has 2 aromatic carbocycles. The lowest BCUT2D eigenvalue weighted by molar-refractivity contribution is 0.201. The van der Waals surface area contributed by atoms with Gasteiger partial charge in [-0.25, -0.2) is 13.6 Å². The summed E-state index contributed by atoms with van der Waals surface area (Å²) >= 11 is 0. The van der Waals surface area contributed by atoms with Crippen LogP contribution in [0.25, 0.3) is 0 Å². The third-order valence-corrected chi connectivity index (χ3v) is 5.19. The number of nitrogens with zero attached hydrogens (tertiary/aromatic N) is 1. The molecule has 0 aliphatic rings. The molecule has 5 nitrogen and oxygen atoms in total. The molecular weight excluding hydrogens is 336 g/mol. The summed E-state index contributed by atoms with van der Waals surface area (Å²) in [6.07, 6.45) is 0. The van der Waals surface area contributed by atoms with Crippen LogP contribution in [0.2, 0.25) is 0 Å². The van der Waals surface area contributed by atoms with Crippen LogP contribution in [0.4, 0.5) is 0 Å². The van der Waals surface area contributed by atoms with Crippen molar-refractivity contribution < 1.29 is 13.2 Å². The van der Waals surface area contributed by atoms with E-state index in [-0.39, 0.29) is 10.9 Å². The first-order valence-corrected chi connectivity index (χ1v) is 9.75. The molecule has 0 saturated heterocycles. The van der Waals surface area contributed by atoms with Crippen molar-refractivity contribution in [3.8, 4) is 5.75 Å². The van der Waals surface area contributed by atoms with Crippen molar-refractivity contribution in [2.75, 3.05) is 20.2 Å². The average Bonchev–Trinajstić information content (AvgIpc) is 2.52. The zero-order chi connectivity index (χ0) is 18.6. The van der Waals surface area contributed by atoms with Gasteiger partial charge >= 0.3 is 0 Å². The Hall–Kier alpha value is -1.89. The number of hydrogen-bond donors (Lipinski definition) is 1. The summed E-state index contributed by atoms with van der Waals surface area (Å²) in [6.45, 7) is 7.52. The van der Waals surface area contributed by atoms with Crippen molar-refractivity contribution in [3.63, 3.8) is 0 Å². The Labute approximate surface area is 150 Å². The molecule has 0 radical (unpaired) electrons. The lowest BCUT2D eigenvalue weighted by Gasteiger charge is -2.25. The smallest absolute Gasteiger partial charge is 0.238 e. The molecule has 0 bridgehead atoms. The Morgan fingerprint density at radius 3 is 2.16 bits per heavy atom. The third kappa shape index (κ3) is 5.56. The fraction of sp³-hybridized carbons (Fsp3) is 0.368. The number of hydrogen-bond acceptors (Lipinski definition) is 4. The fourth-order valence-electron chi connectivity index (χ4n) is 2.71. The quantitative estimate of drug-likeness (QED) is 0.822. The standard InChI is InChI=1S/C19H26N2O3S/c1-14-11-15(2)13-18(12-14)24-10-9-21(4)16(3)17-5-7-19(8-6-17)25(20,22)23/h5-8,11-13,16H,9-10H2,1-4H3,(H2,20,22,23)/t16-/m1/s1. The van der Waals surface area contributed by atoms with Crippen molar-refractivity contribution in [2.45, 2.75) is 31.7 Å². The van der Waals surface area contributed by atoms with Crippen LogP contribution in [0.5, 0.6) is 5.75 Å². The molecule has 2 aromatic rings. The summed E-state index contributed by atoms with van der Waals surface area (Å²) in [6, 6.07) is 13.0. The number of aryl methyl sites for hydroxylation is 2. The molecule has 0 aliphatic heterocycles. The highest BCUT2D eigenvalue weighted by molar-refractivity contribution is 7.89. The third-order valence-electron chi connectivity index (χ3n) is 4.26. The van der Waals surface area contributed by atoms with Gasteiger partial charge in [-0.3, -0.25) is 4.90 Å². The van der Waals surface area contributed by atoms with Gasteiger partial charge < -0.3 is 4.74 Å². The number of rotatable bonds is 7. The van der Waals surface area contributed by atoms with Crippen LogP contribution in [0.1, 0.15) is 29.7 Å². The number of sulfonamides is 1. The van der Waals surface area contributed by atoms with E-state index < -0.39 is 10.0 Å². The van der Waals surface area contributed by atoms with Gasteiger partial charge in [-0.15, -0.1) is 0 Å². The molecule has 0 amide bonds. The Kier molecular flexibility index (Phi) is 6.21. The normalized spacial score (nSPS) is 13.0. The molecule has 1 atom stereocenters. The molecule has 136 valence electrons. The highest BCUT2D eigenvalue weighted by Crippen LogP contribution is 2.21. The summed E-state index contributed by atoms with van der Waals surface area (Å²) in [4.78, 5) is 2.29. The first-order chi connectivity index (χ1) is 11.7. The topological polar surface area (TPSA) is 72.6 Å². The Bertz CT molecular complexity index is 797. The number of ether oxygens (including phenoxy) is 1.